The van der Waals surface area contributed by atoms with Crippen LogP contribution in [0.5, 0.6) is 0 Å². The fraction of sp³-hybridized carbons (Fsp3) is 0.583. The van der Waals surface area contributed by atoms with E-state index in [1.165, 1.54) is 0 Å². The lowest BCUT2D eigenvalue weighted by molar-refractivity contribution is 0.302. The molecule has 0 radical (unpaired) electrons. The third-order valence-electron chi connectivity index (χ3n) is 2.71. The molecule has 1 atom stereocenters. The van der Waals surface area contributed by atoms with Gasteiger partial charge in [0.2, 0.25) is 0 Å². The van der Waals surface area contributed by atoms with E-state index in [9.17, 15) is 0 Å². The molecule has 0 spiro atoms. The molecule has 4 heteroatoms. The second-order valence-corrected chi connectivity index (χ2v) is 3.76. The van der Waals surface area contributed by atoms with Crippen LogP contribution in [0.25, 0.3) is 0 Å². The fourth-order valence-electron chi connectivity index (χ4n) is 1.60. The Hall–Kier alpha value is -1.13. The average molecular weight is 223 g/mol. The Kier molecular flexibility index (Phi) is 5.22. The Balaban J connectivity index is 2.76. The van der Waals surface area contributed by atoms with Crippen LogP contribution in [0.3, 0.4) is 0 Å². The van der Waals surface area contributed by atoms with Crippen LogP contribution in [0.2, 0.25) is 0 Å². The molecule has 0 amide bonds. The van der Waals surface area contributed by atoms with Crippen molar-refractivity contribution in [3.05, 3.63) is 24.0 Å². The normalized spacial score (nSPS) is 12.5. The zero-order chi connectivity index (χ0) is 12.0. The summed E-state index contributed by atoms with van der Waals surface area (Å²) in [7, 11) is 0. The molecule has 90 valence electrons. The first kappa shape index (κ1) is 12.9. The summed E-state index contributed by atoms with van der Waals surface area (Å²) in [5, 5.41) is 8.93. The van der Waals surface area contributed by atoms with E-state index in [4.69, 9.17) is 10.8 Å². The number of nitrogens with two attached hydrogens (primary N) is 1. The summed E-state index contributed by atoms with van der Waals surface area (Å²) in [6.45, 7) is 5.76. The van der Waals surface area contributed by atoms with Gasteiger partial charge in [-0.1, -0.05) is 6.92 Å². The summed E-state index contributed by atoms with van der Waals surface area (Å²) in [6, 6.07) is 3.99. The lowest BCUT2D eigenvalue weighted by Crippen LogP contribution is -2.26. The first-order valence-corrected chi connectivity index (χ1v) is 5.80. The fourth-order valence-corrected chi connectivity index (χ4v) is 1.60. The van der Waals surface area contributed by atoms with Gasteiger partial charge in [-0.05, 0) is 25.5 Å². The Morgan fingerprint density at radius 3 is 2.62 bits per heavy atom. The molecule has 0 fully saturated rings. The predicted molar refractivity (Wildman–Crippen MR) is 66.4 cm³/mol. The van der Waals surface area contributed by atoms with Gasteiger partial charge in [-0.15, -0.1) is 0 Å². The first-order valence-electron chi connectivity index (χ1n) is 5.80. The van der Waals surface area contributed by atoms with E-state index in [0.29, 0.717) is 6.54 Å². The van der Waals surface area contributed by atoms with Gasteiger partial charge in [-0.3, -0.25) is 4.98 Å². The molecule has 1 aromatic heterocycles. The number of nitrogens with zero attached hydrogens (tertiary/aromatic N) is 2. The monoisotopic (exact) mass is 223 g/mol. The van der Waals surface area contributed by atoms with Gasteiger partial charge >= 0.3 is 0 Å². The van der Waals surface area contributed by atoms with Crippen molar-refractivity contribution >= 4 is 5.69 Å². The third-order valence-corrected chi connectivity index (χ3v) is 2.71. The van der Waals surface area contributed by atoms with Crippen LogP contribution in [-0.4, -0.2) is 29.8 Å². The molecular weight excluding hydrogens is 202 g/mol. The number of anilines is 1. The molecule has 16 heavy (non-hydrogen) atoms. The van der Waals surface area contributed by atoms with Crippen molar-refractivity contribution < 1.29 is 5.11 Å². The second kappa shape index (κ2) is 6.45. The van der Waals surface area contributed by atoms with Gasteiger partial charge in [0, 0.05) is 19.1 Å². The van der Waals surface area contributed by atoms with E-state index in [0.717, 1.165) is 24.3 Å². The van der Waals surface area contributed by atoms with E-state index in [1.807, 2.05) is 25.3 Å². The van der Waals surface area contributed by atoms with Gasteiger partial charge in [0.25, 0.3) is 0 Å². The minimum Gasteiger partial charge on any atom is -0.395 e. The van der Waals surface area contributed by atoms with E-state index in [2.05, 4.69) is 16.8 Å². The number of aliphatic hydroxyl groups excluding tert-OH is 1. The van der Waals surface area contributed by atoms with Crippen LogP contribution >= 0.6 is 0 Å². The third kappa shape index (κ3) is 3.18. The Morgan fingerprint density at radius 1 is 1.44 bits per heavy atom. The van der Waals surface area contributed by atoms with Crippen LogP contribution in [0.1, 0.15) is 32.0 Å². The average Bonchev–Trinajstić information content (AvgIpc) is 2.35. The molecule has 0 saturated carbocycles. The molecule has 0 aliphatic carbocycles. The largest absolute Gasteiger partial charge is 0.395 e. The van der Waals surface area contributed by atoms with E-state index in [1.54, 1.807) is 0 Å². The number of likely N-dealkylation sites (N-methyl/N-ethyl adjacent to an activating group) is 1. The van der Waals surface area contributed by atoms with Gasteiger partial charge in [0.15, 0.2) is 0 Å². The smallest absolute Gasteiger partial charge is 0.0606 e. The minimum absolute atomic E-state index is 0.0157. The van der Waals surface area contributed by atoms with Crippen LogP contribution in [0.15, 0.2) is 18.3 Å². The van der Waals surface area contributed by atoms with Crippen LogP contribution in [0, 0.1) is 0 Å². The van der Waals surface area contributed by atoms with Crippen molar-refractivity contribution in [2.45, 2.75) is 26.3 Å². The summed E-state index contributed by atoms with van der Waals surface area (Å²) in [5.41, 5.74) is 7.85. The number of rotatable bonds is 6. The van der Waals surface area contributed by atoms with Crippen molar-refractivity contribution in [2.75, 3.05) is 24.6 Å². The second-order valence-electron chi connectivity index (χ2n) is 3.76. The van der Waals surface area contributed by atoms with E-state index < -0.39 is 0 Å². The lowest BCUT2D eigenvalue weighted by Gasteiger charge is -2.22. The molecule has 1 rings (SSSR count). The minimum atomic E-state index is 0.0157. The van der Waals surface area contributed by atoms with Gasteiger partial charge < -0.3 is 15.7 Å². The highest BCUT2D eigenvalue weighted by molar-refractivity contribution is 5.44. The van der Waals surface area contributed by atoms with Crippen molar-refractivity contribution in [3.63, 3.8) is 0 Å². The molecule has 0 aliphatic rings. The highest BCUT2D eigenvalue weighted by atomic mass is 16.3. The van der Waals surface area contributed by atoms with E-state index >= 15 is 0 Å². The molecule has 1 aromatic rings. The molecule has 1 unspecified atom stereocenters. The number of aliphatic hydroxyl groups is 1. The number of aromatic nitrogens is 1. The molecule has 0 bridgehead atoms. The summed E-state index contributed by atoms with van der Waals surface area (Å²) in [4.78, 5) is 6.43. The first-order chi connectivity index (χ1) is 7.72. The lowest BCUT2D eigenvalue weighted by atomic mass is 10.1. The Morgan fingerprint density at radius 2 is 2.19 bits per heavy atom. The van der Waals surface area contributed by atoms with Crippen molar-refractivity contribution in [1.29, 1.82) is 0 Å². The summed E-state index contributed by atoms with van der Waals surface area (Å²) < 4.78 is 0. The van der Waals surface area contributed by atoms with Gasteiger partial charge in [0.05, 0.1) is 24.2 Å². The summed E-state index contributed by atoms with van der Waals surface area (Å²) in [6.07, 6.45) is 2.71. The Bertz CT molecular complexity index is 300. The molecule has 3 N–H and O–H groups in total. The standard InChI is InChI=1S/C12H21N3O/c1-3-11(13)12-6-5-10(9-14-12)15(4-2)7-8-16/h5-6,9,11,16H,3-4,7-8,13H2,1-2H3. The molecule has 0 aliphatic heterocycles. The van der Waals surface area contributed by atoms with Crippen molar-refractivity contribution in [1.82, 2.24) is 4.98 Å². The highest BCUT2D eigenvalue weighted by Crippen LogP contribution is 2.16. The van der Waals surface area contributed by atoms with Gasteiger partial charge in [-0.25, -0.2) is 0 Å². The molecule has 0 saturated heterocycles. The maximum Gasteiger partial charge on any atom is 0.0606 e. The summed E-state index contributed by atoms with van der Waals surface area (Å²) in [5.74, 6) is 0. The SMILES string of the molecule is CCC(N)c1ccc(N(CC)CCO)cn1. The Labute approximate surface area is 97.1 Å². The molecule has 4 nitrogen and oxygen atoms in total. The summed E-state index contributed by atoms with van der Waals surface area (Å²) >= 11 is 0. The van der Waals surface area contributed by atoms with Crippen molar-refractivity contribution in [3.8, 4) is 0 Å². The molecule has 0 aromatic carbocycles. The molecular formula is C12H21N3O. The van der Waals surface area contributed by atoms with Crippen LogP contribution in [0.4, 0.5) is 5.69 Å². The van der Waals surface area contributed by atoms with Crippen LogP contribution in [-0.2, 0) is 0 Å². The quantitative estimate of drug-likeness (QED) is 0.763. The highest BCUT2D eigenvalue weighted by Gasteiger charge is 2.07. The zero-order valence-electron chi connectivity index (χ0n) is 10.1. The predicted octanol–water partition coefficient (Wildman–Crippen LogP) is 1.31. The van der Waals surface area contributed by atoms with Crippen molar-refractivity contribution in [2.24, 2.45) is 5.73 Å². The molecule has 1 heterocycles. The van der Waals surface area contributed by atoms with Crippen LogP contribution < -0.4 is 10.6 Å². The van der Waals surface area contributed by atoms with Gasteiger partial charge in [0.1, 0.15) is 0 Å². The zero-order valence-corrected chi connectivity index (χ0v) is 10.1. The number of pyridine rings is 1. The number of hydrogen-bond donors (Lipinski definition) is 2. The van der Waals surface area contributed by atoms with Gasteiger partial charge in [-0.2, -0.15) is 0 Å². The maximum atomic E-state index is 8.93. The maximum absolute atomic E-state index is 8.93. The topological polar surface area (TPSA) is 62.4 Å². The number of hydrogen-bond acceptors (Lipinski definition) is 4. The van der Waals surface area contributed by atoms with E-state index in [-0.39, 0.29) is 12.6 Å².